The Balaban J connectivity index is 1.29. The lowest BCUT2D eigenvalue weighted by molar-refractivity contribution is -0.274. The number of piperazine rings is 1. The van der Waals surface area contributed by atoms with Gasteiger partial charge in [-0.2, -0.15) is 0 Å². The Morgan fingerprint density at radius 1 is 0.917 bits per heavy atom. The maximum absolute atomic E-state index is 12.4. The number of ether oxygens (including phenoxy) is 1. The zero-order valence-electron chi connectivity index (χ0n) is 19.9. The van der Waals surface area contributed by atoms with Crippen molar-refractivity contribution in [1.29, 1.82) is 0 Å². The van der Waals surface area contributed by atoms with E-state index in [0.717, 1.165) is 60.3 Å². The van der Waals surface area contributed by atoms with Gasteiger partial charge in [-0.3, -0.25) is 9.88 Å². The number of benzene rings is 2. The van der Waals surface area contributed by atoms with E-state index in [1.807, 2.05) is 37.6 Å². The van der Waals surface area contributed by atoms with Crippen LogP contribution < -0.4 is 9.64 Å². The highest BCUT2D eigenvalue weighted by Gasteiger charge is 2.31. The summed E-state index contributed by atoms with van der Waals surface area (Å²) in [6.07, 6.45) is 0.811. The topological polar surface area (TPSA) is 53.8 Å². The van der Waals surface area contributed by atoms with E-state index in [1.54, 1.807) is 16.7 Å². The number of aromatic hydroxyl groups is 1. The van der Waals surface area contributed by atoms with E-state index in [2.05, 4.69) is 31.7 Å². The zero-order chi connectivity index (χ0) is 25.3. The first-order valence-corrected chi connectivity index (χ1v) is 11.8. The van der Waals surface area contributed by atoms with E-state index in [1.165, 1.54) is 17.7 Å². The molecule has 4 aromatic rings. The minimum atomic E-state index is -4.72. The molecule has 2 aromatic carbocycles. The molecule has 1 saturated heterocycles. The van der Waals surface area contributed by atoms with Crippen molar-refractivity contribution in [3.8, 4) is 11.6 Å². The number of nitrogens with zero attached hydrogens (tertiary/aromatic N) is 4. The van der Waals surface area contributed by atoms with Gasteiger partial charge in [0.2, 0.25) is 0 Å². The lowest BCUT2D eigenvalue weighted by Gasteiger charge is -2.36. The summed E-state index contributed by atoms with van der Waals surface area (Å²) >= 11 is 0. The lowest BCUT2D eigenvalue weighted by Crippen LogP contribution is -2.46. The van der Waals surface area contributed by atoms with Crippen LogP contribution >= 0.6 is 0 Å². The van der Waals surface area contributed by atoms with Crippen LogP contribution in [0.15, 0.2) is 67.1 Å². The van der Waals surface area contributed by atoms with Gasteiger partial charge in [-0.25, -0.2) is 0 Å². The highest BCUT2D eigenvalue weighted by molar-refractivity contribution is 5.93. The number of hydrogen-bond acceptors (Lipinski definition) is 5. The quantitative estimate of drug-likeness (QED) is 0.392. The fraction of sp³-hybridized carbons (Fsp3) is 0.296. The molecule has 0 saturated carbocycles. The number of hydrogen-bond donors (Lipinski definition) is 1. The van der Waals surface area contributed by atoms with Gasteiger partial charge >= 0.3 is 6.36 Å². The van der Waals surface area contributed by atoms with Crippen molar-refractivity contribution in [3.63, 3.8) is 0 Å². The number of fused-ring (bicyclic) bond motifs is 1. The summed E-state index contributed by atoms with van der Waals surface area (Å²) in [4.78, 5) is 8.88. The van der Waals surface area contributed by atoms with Gasteiger partial charge in [-0.1, -0.05) is 12.1 Å². The molecule has 0 unspecified atom stereocenters. The zero-order valence-corrected chi connectivity index (χ0v) is 19.9. The third-order valence-electron chi connectivity index (χ3n) is 6.54. The van der Waals surface area contributed by atoms with Crippen molar-refractivity contribution in [2.24, 2.45) is 0 Å². The normalized spacial score (nSPS) is 14.9. The molecule has 36 heavy (non-hydrogen) atoms. The van der Waals surface area contributed by atoms with E-state index < -0.39 is 6.36 Å². The van der Waals surface area contributed by atoms with E-state index in [9.17, 15) is 18.3 Å². The molecular weight excluding hydrogens is 469 g/mol. The third-order valence-corrected chi connectivity index (χ3v) is 6.54. The molecule has 1 fully saturated rings. The molecule has 3 heterocycles. The number of aromatic nitrogens is 2. The molecule has 0 aliphatic carbocycles. The highest BCUT2D eigenvalue weighted by Crippen LogP contribution is 2.35. The molecule has 1 aliphatic heterocycles. The Labute approximate surface area is 207 Å². The Morgan fingerprint density at radius 3 is 2.25 bits per heavy atom. The molecule has 0 bridgehead atoms. The first kappa shape index (κ1) is 24.0. The average molecular weight is 497 g/mol. The number of rotatable bonds is 6. The second kappa shape index (κ2) is 9.73. The van der Waals surface area contributed by atoms with E-state index in [4.69, 9.17) is 0 Å². The van der Waals surface area contributed by atoms with Crippen LogP contribution in [0, 0.1) is 6.92 Å². The molecule has 9 heteroatoms. The van der Waals surface area contributed by atoms with Crippen LogP contribution in [-0.2, 0) is 13.1 Å². The van der Waals surface area contributed by atoms with Crippen LogP contribution in [-0.4, -0.2) is 52.1 Å². The molecule has 1 N–H and O–H groups in total. The number of halogens is 3. The molecule has 0 spiro atoms. The van der Waals surface area contributed by atoms with E-state index in [-0.39, 0.29) is 11.6 Å². The van der Waals surface area contributed by atoms with Crippen LogP contribution in [0.1, 0.15) is 16.7 Å². The number of aryl methyl sites for hydroxylation is 1. The summed E-state index contributed by atoms with van der Waals surface area (Å²) in [6, 6.07) is 14.0. The maximum Gasteiger partial charge on any atom is 0.573 e. The molecule has 0 amide bonds. The van der Waals surface area contributed by atoms with Crippen LogP contribution in [0.4, 0.5) is 18.9 Å². The molecular formula is C27H27F3N4O2. The fourth-order valence-electron chi connectivity index (χ4n) is 4.78. The van der Waals surface area contributed by atoms with Gasteiger partial charge in [0.15, 0.2) is 5.88 Å². The summed E-state index contributed by atoms with van der Waals surface area (Å²) in [5, 5.41) is 12.6. The van der Waals surface area contributed by atoms with Crippen molar-refractivity contribution >= 4 is 16.5 Å². The predicted molar refractivity (Wildman–Crippen MR) is 132 cm³/mol. The van der Waals surface area contributed by atoms with Crippen LogP contribution in [0.5, 0.6) is 11.6 Å². The number of pyridine rings is 1. The molecule has 0 radical (unpaired) electrons. The SMILES string of the molecule is Cc1cc(N2CCN(Cc3ccncc3)CC2)cc2cn(Cc3ccc(OC(F)(F)F)cc3)c(O)c12. The standard InChI is InChI=1S/C27H27F3N4O2/c1-19-14-23(33-12-10-32(11-13-33)16-21-6-8-31-9-7-21)15-22-18-34(26(35)25(19)22)17-20-2-4-24(5-3-20)36-27(28,29)30/h2-9,14-15,18,35H,10-13,16-17H2,1H3. The Bertz CT molecular complexity index is 1330. The van der Waals surface area contributed by atoms with E-state index in [0.29, 0.717) is 6.54 Å². The Morgan fingerprint density at radius 2 is 1.58 bits per heavy atom. The van der Waals surface area contributed by atoms with Crippen molar-refractivity contribution in [2.45, 2.75) is 26.4 Å². The maximum atomic E-state index is 12.4. The second-order valence-corrected chi connectivity index (χ2v) is 9.12. The van der Waals surface area contributed by atoms with Crippen LogP contribution in [0.3, 0.4) is 0 Å². The minimum Gasteiger partial charge on any atom is -0.494 e. The van der Waals surface area contributed by atoms with Crippen LogP contribution in [0.25, 0.3) is 10.8 Å². The fourth-order valence-corrected chi connectivity index (χ4v) is 4.78. The summed E-state index contributed by atoms with van der Waals surface area (Å²) in [5.41, 5.74) is 4.11. The predicted octanol–water partition coefficient (Wildman–Crippen LogP) is 5.32. The smallest absolute Gasteiger partial charge is 0.494 e. The first-order chi connectivity index (χ1) is 17.2. The third kappa shape index (κ3) is 5.41. The largest absolute Gasteiger partial charge is 0.573 e. The van der Waals surface area contributed by atoms with Crippen molar-refractivity contribution in [3.05, 3.63) is 83.8 Å². The van der Waals surface area contributed by atoms with Crippen molar-refractivity contribution in [1.82, 2.24) is 14.5 Å². The Kier molecular flexibility index (Phi) is 6.49. The summed E-state index contributed by atoms with van der Waals surface area (Å²) in [5.74, 6) is -0.124. The minimum absolute atomic E-state index is 0.145. The number of anilines is 1. The molecule has 6 nitrogen and oxygen atoms in total. The summed E-state index contributed by atoms with van der Waals surface area (Å²) in [6.45, 7) is 6.96. The summed E-state index contributed by atoms with van der Waals surface area (Å²) in [7, 11) is 0. The monoisotopic (exact) mass is 496 g/mol. The molecule has 5 rings (SSSR count). The van der Waals surface area contributed by atoms with Crippen molar-refractivity contribution in [2.75, 3.05) is 31.1 Å². The number of alkyl halides is 3. The lowest BCUT2D eigenvalue weighted by atomic mass is 10.1. The van der Waals surface area contributed by atoms with Crippen molar-refractivity contribution < 1.29 is 23.0 Å². The highest BCUT2D eigenvalue weighted by atomic mass is 19.4. The molecule has 1 aliphatic rings. The second-order valence-electron chi connectivity index (χ2n) is 9.12. The van der Waals surface area contributed by atoms with Crippen LogP contribution in [0.2, 0.25) is 0 Å². The molecule has 2 aromatic heterocycles. The van der Waals surface area contributed by atoms with Gasteiger partial charge in [0.05, 0.1) is 6.54 Å². The van der Waals surface area contributed by atoms with E-state index >= 15 is 0 Å². The van der Waals surface area contributed by atoms with Gasteiger partial charge in [0.25, 0.3) is 0 Å². The van der Waals surface area contributed by atoms with Gasteiger partial charge in [-0.05, 0) is 60.0 Å². The first-order valence-electron chi connectivity index (χ1n) is 11.8. The van der Waals surface area contributed by atoms with Gasteiger partial charge in [0, 0.05) is 67.8 Å². The van der Waals surface area contributed by atoms with Gasteiger partial charge in [0.1, 0.15) is 5.75 Å². The van der Waals surface area contributed by atoms with Gasteiger partial charge < -0.3 is 19.3 Å². The average Bonchev–Trinajstić information content (AvgIpc) is 3.16. The molecule has 0 atom stereocenters. The van der Waals surface area contributed by atoms with Gasteiger partial charge in [-0.15, -0.1) is 13.2 Å². The summed E-state index contributed by atoms with van der Waals surface area (Å²) < 4.78 is 42.9. The Hall–Kier alpha value is -3.72. The molecule has 188 valence electrons.